The molecule has 5 nitrogen and oxygen atoms in total. The first-order valence-electron chi connectivity index (χ1n) is 6.03. The van der Waals surface area contributed by atoms with E-state index in [1.807, 2.05) is 0 Å². The predicted octanol–water partition coefficient (Wildman–Crippen LogP) is 1.66. The van der Waals surface area contributed by atoms with Crippen molar-refractivity contribution in [1.82, 2.24) is 9.78 Å². The number of methoxy groups -OCH3 is 1. The molecule has 94 valence electrons. The van der Waals surface area contributed by atoms with Crippen LogP contribution in [0, 0.1) is 0 Å². The zero-order chi connectivity index (χ0) is 12.3. The second-order valence-electron chi connectivity index (χ2n) is 4.15. The Bertz CT molecular complexity index is 394. The number of rotatable bonds is 5. The number of ether oxygens (including phenoxy) is 2. The van der Waals surface area contributed by atoms with Crippen molar-refractivity contribution in [3.63, 3.8) is 0 Å². The van der Waals surface area contributed by atoms with Gasteiger partial charge in [-0.25, -0.2) is 0 Å². The maximum Gasteiger partial charge on any atom is 0.213 e. The highest BCUT2D eigenvalue weighted by Crippen LogP contribution is 2.24. The number of aryl methyl sites for hydroxylation is 1. The summed E-state index contributed by atoms with van der Waals surface area (Å²) < 4.78 is 12.3. The van der Waals surface area contributed by atoms with Gasteiger partial charge in [0.1, 0.15) is 11.8 Å². The van der Waals surface area contributed by atoms with Crippen molar-refractivity contribution in [2.45, 2.75) is 38.8 Å². The number of carbonyl (C=O) groups excluding carboxylic acids is 1. The number of hydrogen-bond donors (Lipinski definition) is 0. The van der Waals surface area contributed by atoms with Gasteiger partial charge in [-0.05, 0) is 19.3 Å². The van der Waals surface area contributed by atoms with Gasteiger partial charge in [-0.2, -0.15) is 5.10 Å². The largest absolute Gasteiger partial charge is 0.493 e. The topological polar surface area (TPSA) is 53.4 Å². The third kappa shape index (κ3) is 2.34. The Morgan fingerprint density at radius 2 is 2.53 bits per heavy atom. The minimum absolute atomic E-state index is 0.00898. The van der Waals surface area contributed by atoms with E-state index >= 15 is 0 Å². The van der Waals surface area contributed by atoms with Gasteiger partial charge in [0.05, 0.1) is 13.3 Å². The molecule has 5 heteroatoms. The van der Waals surface area contributed by atoms with Crippen LogP contribution in [-0.4, -0.2) is 35.4 Å². The Hall–Kier alpha value is -1.36. The van der Waals surface area contributed by atoms with Gasteiger partial charge in [0.25, 0.3) is 0 Å². The standard InChI is InChI=1S/C12H18N2O3/c1-3-6-14-11(10(16-2)8-13-14)12(15)9-5-4-7-17-9/h8-9H,3-7H2,1-2H3. The molecule has 2 heterocycles. The van der Waals surface area contributed by atoms with Crippen LogP contribution in [0.15, 0.2) is 6.20 Å². The summed E-state index contributed by atoms with van der Waals surface area (Å²) in [5.41, 5.74) is 0.543. The normalized spacial score (nSPS) is 19.5. The first-order valence-corrected chi connectivity index (χ1v) is 6.03. The minimum atomic E-state index is -0.323. The van der Waals surface area contributed by atoms with Crippen LogP contribution in [0.3, 0.4) is 0 Å². The van der Waals surface area contributed by atoms with Gasteiger partial charge in [0.2, 0.25) is 5.78 Å². The van der Waals surface area contributed by atoms with Gasteiger partial charge < -0.3 is 9.47 Å². The molecule has 1 aromatic heterocycles. The lowest BCUT2D eigenvalue weighted by Gasteiger charge is -2.11. The van der Waals surface area contributed by atoms with E-state index in [9.17, 15) is 4.79 Å². The van der Waals surface area contributed by atoms with Crippen LogP contribution in [0.25, 0.3) is 0 Å². The fourth-order valence-electron chi connectivity index (χ4n) is 2.08. The van der Waals surface area contributed by atoms with Gasteiger partial charge in [0, 0.05) is 13.2 Å². The predicted molar refractivity (Wildman–Crippen MR) is 62.4 cm³/mol. The van der Waals surface area contributed by atoms with Gasteiger partial charge in [0.15, 0.2) is 5.75 Å². The third-order valence-corrected chi connectivity index (χ3v) is 2.92. The smallest absolute Gasteiger partial charge is 0.213 e. The molecule has 1 aliphatic rings. The molecular formula is C12H18N2O3. The van der Waals surface area contributed by atoms with E-state index in [1.54, 1.807) is 18.0 Å². The molecule has 0 amide bonds. The average molecular weight is 238 g/mol. The Kier molecular flexibility index (Phi) is 3.78. The van der Waals surface area contributed by atoms with Crippen LogP contribution in [0.2, 0.25) is 0 Å². The van der Waals surface area contributed by atoms with Crippen molar-refractivity contribution in [2.75, 3.05) is 13.7 Å². The fraction of sp³-hybridized carbons (Fsp3) is 0.667. The zero-order valence-corrected chi connectivity index (χ0v) is 10.3. The summed E-state index contributed by atoms with van der Waals surface area (Å²) >= 11 is 0. The van der Waals surface area contributed by atoms with Crippen LogP contribution in [-0.2, 0) is 11.3 Å². The second kappa shape index (κ2) is 5.31. The first kappa shape index (κ1) is 12.1. The van der Waals surface area contributed by atoms with Crippen LogP contribution in [0.5, 0.6) is 5.75 Å². The molecule has 17 heavy (non-hydrogen) atoms. The van der Waals surface area contributed by atoms with E-state index in [0.29, 0.717) is 18.1 Å². The monoisotopic (exact) mass is 238 g/mol. The second-order valence-corrected chi connectivity index (χ2v) is 4.15. The van der Waals surface area contributed by atoms with E-state index in [2.05, 4.69) is 12.0 Å². The Morgan fingerprint density at radius 1 is 1.71 bits per heavy atom. The number of Topliss-reactive ketones (excluding diaryl/α,β-unsaturated/α-hetero) is 1. The first-order chi connectivity index (χ1) is 8.27. The van der Waals surface area contributed by atoms with Crippen molar-refractivity contribution < 1.29 is 14.3 Å². The van der Waals surface area contributed by atoms with Crippen LogP contribution in [0.4, 0.5) is 0 Å². The highest BCUT2D eigenvalue weighted by Gasteiger charge is 2.30. The lowest BCUT2D eigenvalue weighted by molar-refractivity contribution is 0.0628. The van der Waals surface area contributed by atoms with Crippen molar-refractivity contribution >= 4 is 5.78 Å². The molecule has 0 spiro atoms. The maximum absolute atomic E-state index is 12.3. The summed E-state index contributed by atoms with van der Waals surface area (Å²) in [7, 11) is 1.56. The Morgan fingerprint density at radius 3 is 3.12 bits per heavy atom. The zero-order valence-electron chi connectivity index (χ0n) is 10.3. The van der Waals surface area contributed by atoms with E-state index in [-0.39, 0.29) is 11.9 Å². The molecule has 1 fully saturated rings. The van der Waals surface area contributed by atoms with E-state index in [1.165, 1.54) is 0 Å². The molecule has 1 aliphatic heterocycles. The minimum Gasteiger partial charge on any atom is -0.493 e. The number of aromatic nitrogens is 2. The van der Waals surface area contributed by atoms with E-state index in [4.69, 9.17) is 9.47 Å². The molecule has 0 aliphatic carbocycles. The molecule has 1 unspecified atom stereocenters. The fourth-order valence-corrected chi connectivity index (χ4v) is 2.08. The average Bonchev–Trinajstić information content (AvgIpc) is 2.97. The van der Waals surface area contributed by atoms with Gasteiger partial charge in [-0.3, -0.25) is 9.48 Å². The maximum atomic E-state index is 12.3. The van der Waals surface area contributed by atoms with Crippen molar-refractivity contribution in [3.05, 3.63) is 11.9 Å². The van der Waals surface area contributed by atoms with Crippen LogP contribution in [0.1, 0.15) is 36.7 Å². The summed E-state index contributed by atoms with van der Waals surface area (Å²) in [6, 6.07) is 0. The molecule has 2 rings (SSSR count). The quantitative estimate of drug-likeness (QED) is 0.732. The SMILES string of the molecule is CCCn1ncc(OC)c1C(=O)C1CCCO1. The van der Waals surface area contributed by atoms with Gasteiger partial charge in [-0.1, -0.05) is 6.92 Å². The number of nitrogens with zero attached hydrogens (tertiary/aromatic N) is 2. The third-order valence-electron chi connectivity index (χ3n) is 2.92. The van der Waals surface area contributed by atoms with Gasteiger partial charge in [-0.15, -0.1) is 0 Å². The molecule has 0 saturated carbocycles. The lowest BCUT2D eigenvalue weighted by atomic mass is 10.1. The molecular weight excluding hydrogens is 220 g/mol. The highest BCUT2D eigenvalue weighted by molar-refractivity contribution is 6.00. The van der Waals surface area contributed by atoms with Crippen LogP contribution >= 0.6 is 0 Å². The number of hydrogen-bond acceptors (Lipinski definition) is 4. The lowest BCUT2D eigenvalue weighted by Crippen LogP contribution is -2.23. The molecule has 0 N–H and O–H groups in total. The summed E-state index contributed by atoms with van der Waals surface area (Å²) in [4.78, 5) is 12.3. The molecule has 0 radical (unpaired) electrons. The van der Waals surface area contributed by atoms with Crippen LogP contribution < -0.4 is 4.74 Å². The molecule has 1 atom stereocenters. The summed E-state index contributed by atoms with van der Waals surface area (Å²) in [6.45, 7) is 3.44. The number of carbonyl (C=O) groups is 1. The molecule has 0 bridgehead atoms. The van der Waals surface area contributed by atoms with Gasteiger partial charge >= 0.3 is 0 Å². The van der Waals surface area contributed by atoms with Crippen molar-refractivity contribution in [2.24, 2.45) is 0 Å². The molecule has 1 saturated heterocycles. The van der Waals surface area contributed by atoms with E-state index < -0.39 is 0 Å². The Labute approximate surface area is 101 Å². The summed E-state index contributed by atoms with van der Waals surface area (Å²) in [5, 5.41) is 4.18. The summed E-state index contributed by atoms with van der Waals surface area (Å²) in [6.07, 6.45) is 3.94. The summed E-state index contributed by atoms with van der Waals surface area (Å²) in [5.74, 6) is 0.532. The van der Waals surface area contributed by atoms with Crippen molar-refractivity contribution in [1.29, 1.82) is 0 Å². The molecule has 0 aromatic carbocycles. The van der Waals surface area contributed by atoms with E-state index in [0.717, 1.165) is 25.8 Å². The Balaban J connectivity index is 2.27. The highest BCUT2D eigenvalue weighted by atomic mass is 16.5. The number of ketones is 1. The van der Waals surface area contributed by atoms with Crippen molar-refractivity contribution in [3.8, 4) is 5.75 Å². The molecule has 1 aromatic rings.